The van der Waals surface area contributed by atoms with Crippen molar-refractivity contribution >= 4 is 0 Å². The van der Waals surface area contributed by atoms with Gasteiger partial charge in [0.2, 0.25) is 0 Å². The topological polar surface area (TPSA) is 67.6 Å². The first kappa shape index (κ1) is 7.93. The Labute approximate surface area is 70.2 Å². The van der Waals surface area contributed by atoms with Crippen LogP contribution in [0.5, 0.6) is 0 Å². The van der Waals surface area contributed by atoms with Gasteiger partial charge in [0, 0.05) is 0 Å². The van der Waals surface area contributed by atoms with Gasteiger partial charge < -0.3 is 0 Å². The maximum atomic E-state index is 5.43. The number of hydrogen-bond donors (Lipinski definition) is 2. The van der Waals surface area contributed by atoms with Gasteiger partial charge in [-0.3, -0.25) is 0 Å². The first-order valence-corrected chi connectivity index (χ1v) is 5.82. The maximum absolute atomic E-state index is 5.43. The van der Waals surface area contributed by atoms with Crippen LogP contribution in [0.15, 0.2) is 6.33 Å². The third-order valence-electron chi connectivity index (χ3n) is 1.12. The second-order valence-electron chi connectivity index (χ2n) is 1.88. The fourth-order valence-electron chi connectivity index (χ4n) is 0.663. The third-order valence-corrected chi connectivity index (χ3v) is 2.51. The Kier molecular flexibility index (Phi) is 3.66. The molecule has 0 saturated heterocycles. The minimum atomic E-state index is -0.0383. The molecule has 1 aromatic heterocycles. The molecule has 0 aliphatic rings. The van der Waals surface area contributed by atoms with E-state index in [0.717, 1.165) is 18.7 Å². The summed E-state index contributed by atoms with van der Waals surface area (Å²) in [7, 11) is 0. The molecule has 0 bridgehead atoms. The number of H-pyrrole nitrogens is 1. The van der Waals surface area contributed by atoms with E-state index in [2.05, 4.69) is 15.2 Å². The summed E-state index contributed by atoms with van der Waals surface area (Å²) in [5.74, 6) is 0.970. The summed E-state index contributed by atoms with van der Waals surface area (Å²) in [6.45, 7) is 0. The second kappa shape index (κ2) is 4.62. The molecular formula is C5H10IN4-. The first-order chi connectivity index (χ1) is 4.93. The fourth-order valence-corrected chi connectivity index (χ4v) is 1.48. The van der Waals surface area contributed by atoms with Gasteiger partial charge in [0.05, 0.1) is 0 Å². The van der Waals surface area contributed by atoms with Crippen LogP contribution in [0.3, 0.4) is 0 Å². The van der Waals surface area contributed by atoms with Crippen LogP contribution < -0.4 is 25.4 Å². The Morgan fingerprint density at radius 3 is 3.20 bits per heavy atom. The van der Waals surface area contributed by atoms with Gasteiger partial charge in [-0.15, -0.1) is 0 Å². The molecule has 0 aliphatic heterocycles. The van der Waals surface area contributed by atoms with Crippen LogP contribution >= 0.6 is 0 Å². The number of halogens is 1. The summed E-state index contributed by atoms with van der Waals surface area (Å²) in [6.07, 6.45) is 3.66. The SMILES string of the molecule is N[I-]CCCc1ncn[nH]1. The molecule has 1 heterocycles. The van der Waals surface area contributed by atoms with Crippen LogP contribution in [0.1, 0.15) is 12.2 Å². The van der Waals surface area contributed by atoms with Gasteiger partial charge in [-0.2, -0.15) is 0 Å². The number of hydrogen-bond acceptors (Lipinski definition) is 3. The normalized spacial score (nSPS) is 10.5. The second-order valence-corrected chi connectivity index (χ2v) is 3.84. The van der Waals surface area contributed by atoms with Gasteiger partial charge in [0.1, 0.15) is 0 Å². The van der Waals surface area contributed by atoms with E-state index in [1.165, 1.54) is 10.8 Å². The van der Waals surface area contributed by atoms with Crippen molar-refractivity contribution in [3.63, 3.8) is 0 Å². The molecule has 3 N–H and O–H groups in total. The third kappa shape index (κ3) is 2.61. The molecule has 0 amide bonds. The summed E-state index contributed by atoms with van der Waals surface area (Å²) in [5, 5.41) is 6.55. The quantitative estimate of drug-likeness (QED) is 0.256. The average molecular weight is 253 g/mol. The zero-order valence-corrected chi connectivity index (χ0v) is 7.71. The Morgan fingerprint density at radius 1 is 1.70 bits per heavy atom. The molecule has 0 atom stereocenters. The van der Waals surface area contributed by atoms with E-state index in [1.807, 2.05) is 0 Å². The molecule has 10 heavy (non-hydrogen) atoms. The molecule has 0 radical (unpaired) electrons. The predicted molar refractivity (Wildman–Crippen MR) is 33.8 cm³/mol. The van der Waals surface area contributed by atoms with Crippen LogP contribution in [0.4, 0.5) is 0 Å². The van der Waals surface area contributed by atoms with Crippen molar-refractivity contribution in [2.75, 3.05) is 4.43 Å². The number of aromatic nitrogens is 3. The molecule has 0 aliphatic carbocycles. The van der Waals surface area contributed by atoms with Gasteiger partial charge in [0.25, 0.3) is 0 Å². The zero-order chi connectivity index (χ0) is 7.23. The first-order valence-electron chi connectivity index (χ1n) is 3.05. The van der Waals surface area contributed by atoms with Crippen LogP contribution in [0.2, 0.25) is 0 Å². The van der Waals surface area contributed by atoms with Crippen molar-refractivity contribution < 1.29 is 21.5 Å². The Hall–Kier alpha value is -0.170. The summed E-state index contributed by atoms with van der Waals surface area (Å²) in [5.41, 5.74) is 0. The van der Waals surface area contributed by atoms with E-state index in [-0.39, 0.29) is 21.5 Å². The summed E-state index contributed by atoms with van der Waals surface area (Å²) >= 11 is -0.0383. The standard InChI is InChI=1S/C5H10IN4/c7-6-3-1-2-5-8-4-9-10-5/h4H,1-3,7H2,(H,8,9,10)/q-1. The van der Waals surface area contributed by atoms with E-state index in [1.54, 1.807) is 0 Å². The van der Waals surface area contributed by atoms with Crippen LogP contribution in [0.25, 0.3) is 0 Å². The average Bonchev–Trinajstić information content (AvgIpc) is 2.41. The van der Waals surface area contributed by atoms with Crippen LogP contribution in [-0.4, -0.2) is 19.6 Å². The van der Waals surface area contributed by atoms with Crippen molar-refractivity contribution in [3.05, 3.63) is 12.2 Å². The van der Waals surface area contributed by atoms with E-state index in [9.17, 15) is 0 Å². The minimum absolute atomic E-state index is 0.0383. The summed E-state index contributed by atoms with van der Waals surface area (Å²) < 4.78 is 6.60. The summed E-state index contributed by atoms with van der Waals surface area (Å²) in [4.78, 5) is 3.99. The van der Waals surface area contributed by atoms with Crippen molar-refractivity contribution in [1.82, 2.24) is 15.2 Å². The molecule has 0 fully saturated rings. The molecule has 1 aromatic rings. The molecule has 0 spiro atoms. The number of aromatic amines is 1. The number of nitrogens with zero attached hydrogens (tertiary/aromatic N) is 2. The molecule has 4 nitrogen and oxygen atoms in total. The van der Waals surface area contributed by atoms with Gasteiger partial charge in [-0.25, -0.2) is 0 Å². The molecule has 0 saturated carbocycles. The number of nitrogens with two attached hydrogens (primary N) is 1. The number of aryl methyl sites for hydroxylation is 1. The van der Waals surface area contributed by atoms with E-state index in [4.69, 9.17) is 3.95 Å². The predicted octanol–water partition coefficient (Wildman–Crippen LogP) is -3.30. The van der Waals surface area contributed by atoms with Crippen LogP contribution in [0, 0.1) is 0 Å². The van der Waals surface area contributed by atoms with Crippen LogP contribution in [-0.2, 0) is 6.42 Å². The fraction of sp³-hybridized carbons (Fsp3) is 0.600. The van der Waals surface area contributed by atoms with Gasteiger partial charge in [-0.1, -0.05) is 0 Å². The molecular weight excluding hydrogens is 243 g/mol. The number of rotatable bonds is 4. The van der Waals surface area contributed by atoms with Gasteiger partial charge >= 0.3 is 70.0 Å². The Balaban J connectivity index is 2.15. The van der Waals surface area contributed by atoms with E-state index >= 15 is 0 Å². The van der Waals surface area contributed by atoms with E-state index < -0.39 is 0 Å². The zero-order valence-electron chi connectivity index (χ0n) is 5.55. The number of alkyl halides is 1. The van der Waals surface area contributed by atoms with Crippen molar-refractivity contribution in [3.8, 4) is 0 Å². The Bertz CT molecular complexity index is 162. The molecule has 0 unspecified atom stereocenters. The van der Waals surface area contributed by atoms with Gasteiger partial charge in [0.15, 0.2) is 0 Å². The summed E-state index contributed by atoms with van der Waals surface area (Å²) in [6, 6.07) is 0. The van der Waals surface area contributed by atoms with Gasteiger partial charge in [-0.05, 0) is 0 Å². The monoisotopic (exact) mass is 253 g/mol. The van der Waals surface area contributed by atoms with E-state index in [0.29, 0.717) is 0 Å². The molecule has 1 rings (SSSR count). The van der Waals surface area contributed by atoms with Crippen molar-refractivity contribution in [2.45, 2.75) is 12.8 Å². The van der Waals surface area contributed by atoms with Crippen molar-refractivity contribution in [1.29, 1.82) is 0 Å². The Morgan fingerprint density at radius 2 is 2.60 bits per heavy atom. The molecule has 58 valence electrons. The molecule has 0 aromatic carbocycles. The van der Waals surface area contributed by atoms with Crippen molar-refractivity contribution in [2.24, 2.45) is 3.95 Å². The number of nitrogens with one attached hydrogen (secondary N) is 1. The molecule has 5 heteroatoms.